The van der Waals surface area contributed by atoms with Crippen LogP contribution in [-0.4, -0.2) is 29.2 Å². The summed E-state index contributed by atoms with van der Waals surface area (Å²) in [6.07, 6.45) is 1.77. The lowest BCUT2D eigenvalue weighted by Gasteiger charge is -2.13. The summed E-state index contributed by atoms with van der Waals surface area (Å²) in [5, 5.41) is -0.252. The van der Waals surface area contributed by atoms with E-state index >= 15 is 0 Å². The maximum absolute atomic E-state index is 12.5. The van der Waals surface area contributed by atoms with Crippen LogP contribution < -0.4 is 4.74 Å². The van der Waals surface area contributed by atoms with Crippen molar-refractivity contribution in [2.24, 2.45) is 0 Å². The van der Waals surface area contributed by atoms with E-state index in [4.69, 9.17) is 4.74 Å². The molecule has 0 radical (unpaired) electrons. The van der Waals surface area contributed by atoms with Crippen molar-refractivity contribution in [1.29, 1.82) is 0 Å². The molecule has 0 N–H and O–H groups in total. The van der Waals surface area contributed by atoms with Crippen LogP contribution in [-0.2, 0) is 4.79 Å². The summed E-state index contributed by atoms with van der Waals surface area (Å²) in [5.74, 6) is 0.929. The van der Waals surface area contributed by atoms with Crippen LogP contribution in [0.4, 0.5) is 4.79 Å². The molecule has 2 aromatic rings. The van der Waals surface area contributed by atoms with Crippen LogP contribution in [0.5, 0.6) is 5.75 Å². The van der Waals surface area contributed by atoms with Crippen molar-refractivity contribution in [2.75, 3.05) is 13.2 Å². The van der Waals surface area contributed by atoms with Crippen molar-refractivity contribution in [3.63, 3.8) is 0 Å². The Labute approximate surface area is 164 Å². The number of amides is 2. The molecule has 27 heavy (non-hydrogen) atoms. The SMILES string of the molecule is Cc1ccc(OCCN2C(=O)S/C(=C\c3ccc(C(C)C)cc3)C2=O)cc1. The second-order valence-electron chi connectivity index (χ2n) is 6.82. The molecule has 1 aliphatic heterocycles. The summed E-state index contributed by atoms with van der Waals surface area (Å²) >= 11 is 0.978. The third-order valence-corrected chi connectivity index (χ3v) is 5.29. The number of rotatable bonds is 6. The average molecular weight is 381 g/mol. The number of imide groups is 1. The van der Waals surface area contributed by atoms with Gasteiger partial charge in [-0.05, 0) is 53.9 Å². The Hall–Kier alpha value is -2.53. The van der Waals surface area contributed by atoms with E-state index < -0.39 is 0 Å². The lowest BCUT2D eigenvalue weighted by molar-refractivity contribution is -0.123. The minimum atomic E-state index is -0.259. The van der Waals surface area contributed by atoms with Gasteiger partial charge >= 0.3 is 0 Å². The lowest BCUT2D eigenvalue weighted by Crippen LogP contribution is -2.32. The molecule has 1 saturated heterocycles. The summed E-state index contributed by atoms with van der Waals surface area (Å²) in [6.45, 7) is 6.80. The van der Waals surface area contributed by atoms with Crippen molar-refractivity contribution in [1.82, 2.24) is 4.90 Å². The fourth-order valence-electron chi connectivity index (χ4n) is 2.71. The van der Waals surface area contributed by atoms with Gasteiger partial charge in [-0.1, -0.05) is 55.8 Å². The second kappa shape index (κ2) is 8.44. The predicted octanol–water partition coefficient (Wildman–Crippen LogP) is 5.23. The zero-order valence-electron chi connectivity index (χ0n) is 15.8. The maximum atomic E-state index is 12.5. The average Bonchev–Trinajstić information content (AvgIpc) is 2.91. The third kappa shape index (κ3) is 4.80. The van der Waals surface area contributed by atoms with E-state index in [1.165, 1.54) is 10.5 Å². The van der Waals surface area contributed by atoms with Gasteiger partial charge in [0.1, 0.15) is 12.4 Å². The smallest absolute Gasteiger partial charge is 0.293 e. The Balaban J connectivity index is 1.61. The minimum absolute atomic E-state index is 0.238. The van der Waals surface area contributed by atoms with Crippen molar-refractivity contribution in [3.05, 3.63) is 70.1 Å². The molecular weight excluding hydrogens is 358 g/mol. The van der Waals surface area contributed by atoms with Crippen LogP contribution in [0.2, 0.25) is 0 Å². The van der Waals surface area contributed by atoms with Gasteiger partial charge in [0.05, 0.1) is 11.4 Å². The summed E-state index contributed by atoms with van der Waals surface area (Å²) in [4.78, 5) is 26.4. The van der Waals surface area contributed by atoms with Gasteiger partial charge in [0.2, 0.25) is 0 Å². The molecule has 1 heterocycles. The molecular formula is C22H23NO3S. The van der Waals surface area contributed by atoms with E-state index in [9.17, 15) is 9.59 Å². The Kier molecular flexibility index (Phi) is 6.01. The number of thioether (sulfide) groups is 1. The van der Waals surface area contributed by atoms with E-state index in [0.717, 1.165) is 28.6 Å². The van der Waals surface area contributed by atoms with Gasteiger partial charge < -0.3 is 4.74 Å². The molecule has 140 valence electrons. The number of benzene rings is 2. The first-order chi connectivity index (χ1) is 12.9. The second-order valence-corrected chi connectivity index (χ2v) is 7.81. The van der Waals surface area contributed by atoms with Crippen LogP contribution in [0.15, 0.2) is 53.4 Å². The van der Waals surface area contributed by atoms with Gasteiger partial charge in [-0.15, -0.1) is 0 Å². The molecule has 3 rings (SSSR count). The lowest BCUT2D eigenvalue weighted by atomic mass is 10.0. The number of ether oxygens (including phenoxy) is 1. The van der Waals surface area contributed by atoms with Gasteiger partial charge in [0, 0.05) is 0 Å². The molecule has 0 saturated carbocycles. The van der Waals surface area contributed by atoms with E-state index in [-0.39, 0.29) is 24.3 Å². The van der Waals surface area contributed by atoms with Crippen molar-refractivity contribution < 1.29 is 14.3 Å². The Morgan fingerprint density at radius 1 is 1.04 bits per heavy atom. The summed E-state index contributed by atoms with van der Waals surface area (Å²) in [6, 6.07) is 15.7. The third-order valence-electron chi connectivity index (χ3n) is 4.38. The standard InChI is InChI=1S/C22H23NO3S/c1-15(2)18-8-6-17(7-9-18)14-20-21(24)23(22(25)27-20)12-13-26-19-10-4-16(3)5-11-19/h4-11,14-15H,12-13H2,1-3H3/b20-14-. The summed E-state index contributed by atoms with van der Waals surface area (Å²) in [5.41, 5.74) is 3.31. The Morgan fingerprint density at radius 3 is 2.33 bits per heavy atom. The molecule has 0 bridgehead atoms. The molecule has 0 aromatic heterocycles. The van der Waals surface area contributed by atoms with Crippen molar-refractivity contribution in [2.45, 2.75) is 26.7 Å². The summed E-state index contributed by atoms with van der Waals surface area (Å²) < 4.78 is 5.63. The number of aryl methyl sites for hydroxylation is 1. The maximum Gasteiger partial charge on any atom is 0.293 e. The molecule has 5 heteroatoms. The van der Waals surface area contributed by atoms with Gasteiger partial charge in [-0.25, -0.2) is 0 Å². The van der Waals surface area contributed by atoms with Crippen LogP contribution in [0.1, 0.15) is 36.5 Å². The zero-order valence-corrected chi connectivity index (χ0v) is 16.6. The largest absolute Gasteiger partial charge is 0.492 e. The fraction of sp³-hybridized carbons (Fsp3) is 0.273. The van der Waals surface area contributed by atoms with Crippen molar-refractivity contribution >= 4 is 29.0 Å². The van der Waals surface area contributed by atoms with E-state index in [2.05, 4.69) is 26.0 Å². The Morgan fingerprint density at radius 2 is 1.70 bits per heavy atom. The number of carbonyl (C=O) groups is 2. The monoisotopic (exact) mass is 381 g/mol. The van der Waals surface area contributed by atoms with E-state index in [1.54, 1.807) is 6.08 Å². The van der Waals surface area contributed by atoms with Gasteiger partial charge in [-0.2, -0.15) is 0 Å². The molecule has 2 amide bonds. The fourth-order valence-corrected chi connectivity index (χ4v) is 3.58. The highest BCUT2D eigenvalue weighted by Gasteiger charge is 2.34. The molecule has 1 fully saturated rings. The first-order valence-electron chi connectivity index (χ1n) is 8.99. The first-order valence-corrected chi connectivity index (χ1v) is 9.80. The number of hydrogen-bond donors (Lipinski definition) is 0. The normalized spacial score (nSPS) is 15.9. The minimum Gasteiger partial charge on any atom is -0.492 e. The zero-order chi connectivity index (χ0) is 19.4. The predicted molar refractivity (Wildman–Crippen MR) is 110 cm³/mol. The van der Waals surface area contributed by atoms with E-state index in [0.29, 0.717) is 10.8 Å². The molecule has 1 aliphatic rings. The molecule has 0 atom stereocenters. The van der Waals surface area contributed by atoms with Gasteiger partial charge in [-0.3, -0.25) is 14.5 Å². The Bertz CT molecular complexity index is 854. The van der Waals surface area contributed by atoms with Crippen molar-refractivity contribution in [3.8, 4) is 5.75 Å². The molecule has 2 aromatic carbocycles. The quantitative estimate of drug-likeness (QED) is 0.643. The van der Waals surface area contributed by atoms with E-state index in [1.807, 2.05) is 43.3 Å². The van der Waals surface area contributed by atoms with Crippen LogP contribution >= 0.6 is 11.8 Å². The molecule has 4 nitrogen and oxygen atoms in total. The highest BCUT2D eigenvalue weighted by molar-refractivity contribution is 8.18. The highest BCUT2D eigenvalue weighted by atomic mass is 32.2. The highest BCUT2D eigenvalue weighted by Crippen LogP contribution is 2.32. The van der Waals surface area contributed by atoms with Gasteiger partial charge in [0.25, 0.3) is 11.1 Å². The van der Waals surface area contributed by atoms with Crippen LogP contribution in [0, 0.1) is 6.92 Å². The van der Waals surface area contributed by atoms with Gasteiger partial charge in [0.15, 0.2) is 0 Å². The number of hydrogen-bond acceptors (Lipinski definition) is 4. The topological polar surface area (TPSA) is 46.6 Å². The molecule has 0 unspecified atom stereocenters. The first kappa shape index (κ1) is 19.2. The van der Waals surface area contributed by atoms with Crippen LogP contribution in [0.3, 0.4) is 0 Å². The summed E-state index contributed by atoms with van der Waals surface area (Å²) in [7, 11) is 0. The molecule has 0 aliphatic carbocycles. The van der Waals surface area contributed by atoms with Crippen LogP contribution in [0.25, 0.3) is 6.08 Å². The number of carbonyl (C=O) groups excluding carboxylic acids is 2. The number of nitrogens with zero attached hydrogens (tertiary/aromatic N) is 1. The molecule has 0 spiro atoms.